The topological polar surface area (TPSA) is 111 Å². The Morgan fingerprint density at radius 1 is 1.26 bits per heavy atom. The maximum absolute atomic E-state index is 12.5. The number of hydrazone groups is 1. The smallest absolute Gasteiger partial charge is 0.290 e. The molecule has 0 aliphatic heterocycles. The van der Waals surface area contributed by atoms with Crippen molar-refractivity contribution >= 4 is 23.7 Å². The van der Waals surface area contributed by atoms with E-state index in [0.717, 1.165) is 11.1 Å². The summed E-state index contributed by atoms with van der Waals surface area (Å²) >= 11 is 0. The summed E-state index contributed by atoms with van der Waals surface area (Å²) in [5, 5.41) is 3.99. The van der Waals surface area contributed by atoms with Crippen molar-refractivity contribution in [2.24, 2.45) is 10.8 Å². The number of primary amides is 1. The SMILES string of the molecule is Cc1ccn2c(C(=O)N/N=C\c3ccc(OCC(N)=O)cc3)c(C)nc2c1. The van der Waals surface area contributed by atoms with Crippen LogP contribution < -0.4 is 15.9 Å². The number of amides is 2. The fourth-order valence-electron chi connectivity index (χ4n) is 2.56. The third-order valence-electron chi connectivity index (χ3n) is 3.81. The van der Waals surface area contributed by atoms with Gasteiger partial charge in [0.05, 0.1) is 11.9 Å². The van der Waals surface area contributed by atoms with E-state index in [1.807, 2.05) is 25.3 Å². The second kappa shape index (κ2) is 7.69. The molecule has 3 aromatic rings. The van der Waals surface area contributed by atoms with E-state index < -0.39 is 5.91 Å². The van der Waals surface area contributed by atoms with Crippen LogP contribution >= 0.6 is 0 Å². The lowest BCUT2D eigenvalue weighted by Crippen LogP contribution is -2.20. The van der Waals surface area contributed by atoms with Gasteiger partial charge in [0.15, 0.2) is 6.61 Å². The van der Waals surface area contributed by atoms with Gasteiger partial charge < -0.3 is 10.5 Å². The highest BCUT2D eigenvalue weighted by atomic mass is 16.5. The first-order valence-electron chi connectivity index (χ1n) is 8.24. The lowest BCUT2D eigenvalue weighted by molar-refractivity contribution is -0.119. The minimum atomic E-state index is -0.541. The normalized spacial score (nSPS) is 11.0. The van der Waals surface area contributed by atoms with Gasteiger partial charge in [0.2, 0.25) is 0 Å². The van der Waals surface area contributed by atoms with Gasteiger partial charge in [-0.1, -0.05) is 0 Å². The van der Waals surface area contributed by atoms with Crippen LogP contribution in [0, 0.1) is 13.8 Å². The van der Waals surface area contributed by atoms with Crippen LogP contribution in [0.25, 0.3) is 5.65 Å². The fraction of sp³-hybridized carbons (Fsp3) is 0.158. The molecule has 2 heterocycles. The third kappa shape index (κ3) is 4.30. The third-order valence-corrected chi connectivity index (χ3v) is 3.81. The van der Waals surface area contributed by atoms with Crippen molar-refractivity contribution in [3.63, 3.8) is 0 Å². The minimum absolute atomic E-state index is 0.179. The number of nitrogens with zero attached hydrogens (tertiary/aromatic N) is 3. The molecule has 8 nitrogen and oxygen atoms in total. The number of pyridine rings is 1. The Labute approximate surface area is 155 Å². The van der Waals surface area contributed by atoms with Gasteiger partial charge >= 0.3 is 0 Å². The van der Waals surface area contributed by atoms with Gasteiger partial charge in [0, 0.05) is 6.20 Å². The molecule has 0 saturated heterocycles. The molecule has 2 aromatic heterocycles. The number of fused-ring (bicyclic) bond motifs is 1. The van der Waals surface area contributed by atoms with E-state index in [2.05, 4.69) is 15.5 Å². The van der Waals surface area contributed by atoms with Crippen LogP contribution in [0.1, 0.15) is 27.3 Å². The molecule has 3 N–H and O–H groups in total. The van der Waals surface area contributed by atoms with Crippen LogP contribution in [0.3, 0.4) is 0 Å². The van der Waals surface area contributed by atoms with E-state index in [1.54, 1.807) is 35.6 Å². The standard InChI is InChI=1S/C19H19N5O3/c1-12-7-8-24-17(9-12)22-13(2)18(24)19(26)23-21-10-14-3-5-15(6-4-14)27-11-16(20)25/h3-10H,11H2,1-2H3,(H2,20,25)(H,23,26)/b21-10-. The maximum Gasteiger partial charge on any atom is 0.290 e. The highest BCUT2D eigenvalue weighted by Crippen LogP contribution is 2.14. The molecule has 1 aromatic carbocycles. The molecule has 8 heteroatoms. The molecule has 0 fully saturated rings. The summed E-state index contributed by atoms with van der Waals surface area (Å²) in [6.07, 6.45) is 3.33. The number of benzene rings is 1. The molecule has 0 spiro atoms. The van der Waals surface area contributed by atoms with Crippen LogP contribution in [0.15, 0.2) is 47.7 Å². The molecule has 0 aliphatic rings. The molecule has 0 unspecified atom stereocenters. The van der Waals surface area contributed by atoms with Gasteiger partial charge in [-0.15, -0.1) is 0 Å². The second-order valence-electron chi connectivity index (χ2n) is 6.00. The van der Waals surface area contributed by atoms with Crippen molar-refractivity contribution in [1.82, 2.24) is 14.8 Å². The minimum Gasteiger partial charge on any atom is -0.484 e. The summed E-state index contributed by atoms with van der Waals surface area (Å²) in [6.45, 7) is 3.58. The Hall–Kier alpha value is -3.68. The molecule has 138 valence electrons. The number of carbonyl (C=O) groups excluding carboxylic acids is 2. The predicted molar refractivity (Wildman–Crippen MR) is 101 cm³/mol. The molecule has 2 amide bonds. The van der Waals surface area contributed by atoms with Gasteiger partial charge in [-0.25, -0.2) is 10.4 Å². The Bertz CT molecular complexity index is 1020. The zero-order valence-electron chi connectivity index (χ0n) is 15.0. The number of hydrogen-bond acceptors (Lipinski definition) is 5. The van der Waals surface area contributed by atoms with Crippen molar-refractivity contribution in [1.29, 1.82) is 0 Å². The van der Waals surface area contributed by atoms with E-state index in [0.29, 0.717) is 22.8 Å². The molecular weight excluding hydrogens is 346 g/mol. The van der Waals surface area contributed by atoms with Crippen molar-refractivity contribution < 1.29 is 14.3 Å². The van der Waals surface area contributed by atoms with Crippen LogP contribution in [0.5, 0.6) is 5.75 Å². The first kappa shape index (κ1) is 18.1. The highest BCUT2D eigenvalue weighted by Gasteiger charge is 2.15. The fourth-order valence-corrected chi connectivity index (χ4v) is 2.56. The average Bonchev–Trinajstić information content (AvgIpc) is 2.95. The summed E-state index contributed by atoms with van der Waals surface area (Å²) in [4.78, 5) is 27.6. The lowest BCUT2D eigenvalue weighted by Gasteiger charge is -2.04. The van der Waals surface area contributed by atoms with Crippen molar-refractivity contribution in [2.75, 3.05) is 6.61 Å². The number of aryl methyl sites for hydroxylation is 2. The first-order chi connectivity index (χ1) is 12.9. The van der Waals surface area contributed by atoms with Gasteiger partial charge in [-0.05, 0) is 61.4 Å². The van der Waals surface area contributed by atoms with E-state index >= 15 is 0 Å². The van der Waals surface area contributed by atoms with Gasteiger partial charge in [-0.2, -0.15) is 5.10 Å². The summed E-state index contributed by atoms with van der Waals surface area (Å²) in [5.41, 5.74) is 11.2. The number of hydrogen-bond donors (Lipinski definition) is 2. The van der Waals surface area contributed by atoms with Crippen LogP contribution in [-0.4, -0.2) is 34.0 Å². The first-order valence-corrected chi connectivity index (χ1v) is 8.24. The van der Waals surface area contributed by atoms with Crippen LogP contribution in [-0.2, 0) is 4.79 Å². The molecular formula is C19H19N5O3. The number of rotatable bonds is 6. The van der Waals surface area contributed by atoms with Crippen molar-refractivity contribution in [3.05, 3.63) is 65.1 Å². The molecule has 0 bridgehead atoms. The maximum atomic E-state index is 12.5. The van der Waals surface area contributed by atoms with Crippen molar-refractivity contribution in [3.8, 4) is 5.75 Å². The number of nitrogens with one attached hydrogen (secondary N) is 1. The van der Waals surface area contributed by atoms with Crippen LogP contribution in [0.4, 0.5) is 0 Å². The molecule has 0 radical (unpaired) electrons. The van der Waals surface area contributed by atoms with Crippen molar-refractivity contribution in [2.45, 2.75) is 13.8 Å². The summed E-state index contributed by atoms with van der Waals surface area (Å²) in [7, 11) is 0. The Morgan fingerprint density at radius 3 is 2.70 bits per heavy atom. The molecule has 3 rings (SSSR count). The van der Waals surface area contributed by atoms with Crippen LogP contribution in [0.2, 0.25) is 0 Å². The van der Waals surface area contributed by atoms with E-state index in [9.17, 15) is 9.59 Å². The number of aromatic nitrogens is 2. The quantitative estimate of drug-likeness (QED) is 0.510. The zero-order chi connectivity index (χ0) is 19.4. The zero-order valence-corrected chi connectivity index (χ0v) is 15.0. The molecule has 0 aliphatic carbocycles. The average molecular weight is 365 g/mol. The summed E-state index contributed by atoms with van der Waals surface area (Å²) in [5.74, 6) is -0.366. The lowest BCUT2D eigenvalue weighted by atomic mass is 10.2. The predicted octanol–water partition coefficient (Wildman–Crippen LogP) is 1.58. The number of ether oxygens (including phenoxy) is 1. The summed E-state index contributed by atoms with van der Waals surface area (Å²) in [6, 6.07) is 10.7. The van der Waals surface area contributed by atoms with Gasteiger partial charge in [0.1, 0.15) is 17.1 Å². The highest BCUT2D eigenvalue weighted by molar-refractivity contribution is 5.95. The largest absolute Gasteiger partial charge is 0.484 e. The summed E-state index contributed by atoms with van der Waals surface area (Å²) < 4.78 is 6.91. The number of imidazole rings is 1. The molecule has 27 heavy (non-hydrogen) atoms. The number of carbonyl (C=O) groups is 2. The Kier molecular flexibility index (Phi) is 5.16. The number of nitrogens with two attached hydrogens (primary N) is 1. The van der Waals surface area contributed by atoms with E-state index in [1.165, 1.54) is 6.21 Å². The Morgan fingerprint density at radius 2 is 2.00 bits per heavy atom. The van der Waals surface area contributed by atoms with E-state index in [-0.39, 0.29) is 12.5 Å². The van der Waals surface area contributed by atoms with Gasteiger partial charge in [0.25, 0.3) is 11.8 Å². The van der Waals surface area contributed by atoms with Gasteiger partial charge in [-0.3, -0.25) is 14.0 Å². The monoisotopic (exact) mass is 365 g/mol. The molecule has 0 saturated carbocycles. The Balaban J connectivity index is 1.67. The molecule has 0 atom stereocenters. The second-order valence-corrected chi connectivity index (χ2v) is 6.00. The van der Waals surface area contributed by atoms with E-state index in [4.69, 9.17) is 10.5 Å².